The Kier molecular flexibility index (Phi) is 6.04. The molecule has 2 amide bonds. The lowest BCUT2D eigenvalue weighted by atomic mass is 9.72. The van der Waals surface area contributed by atoms with Crippen molar-refractivity contribution in [3.63, 3.8) is 0 Å². The summed E-state index contributed by atoms with van der Waals surface area (Å²) < 4.78 is 23.6. The van der Waals surface area contributed by atoms with Crippen LogP contribution >= 0.6 is 22.7 Å². The van der Waals surface area contributed by atoms with E-state index in [1.807, 2.05) is 11.4 Å². The molecule has 1 saturated heterocycles. The Hall–Kier alpha value is -1.71. The molecule has 1 aliphatic carbocycles. The highest BCUT2D eigenvalue weighted by Crippen LogP contribution is 2.44. The number of hydrogen-bond acceptors (Lipinski definition) is 6. The van der Waals surface area contributed by atoms with Crippen LogP contribution in [0.2, 0.25) is 0 Å². The fourth-order valence-electron chi connectivity index (χ4n) is 4.39. The van der Waals surface area contributed by atoms with Gasteiger partial charge in [-0.05, 0) is 54.0 Å². The molecule has 31 heavy (non-hydrogen) atoms. The number of carbonyl (C=O) groups is 2. The van der Waals surface area contributed by atoms with E-state index in [1.165, 1.54) is 22.7 Å². The van der Waals surface area contributed by atoms with E-state index < -0.39 is 9.84 Å². The Morgan fingerprint density at radius 1 is 1.16 bits per heavy atom. The molecule has 0 unspecified atom stereocenters. The average Bonchev–Trinajstić information content (AvgIpc) is 3.38. The van der Waals surface area contributed by atoms with Crippen molar-refractivity contribution in [2.45, 2.75) is 52.5 Å². The molecule has 3 heterocycles. The third-order valence-corrected chi connectivity index (χ3v) is 10.1. The number of fused-ring (bicyclic) bond motifs is 1. The minimum absolute atomic E-state index is 0.0198. The van der Waals surface area contributed by atoms with E-state index in [9.17, 15) is 18.0 Å². The number of thiophene rings is 2. The molecule has 2 aromatic rings. The molecule has 168 valence electrons. The summed E-state index contributed by atoms with van der Waals surface area (Å²) in [6, 6.07) is 3.20. The Morgan fingerprint density at radius 3 is 2.55 bits per heavy atom. The van der Waals surface area contributed by atoms with Gasteiger partial charge >= 0.3 is 0 Å². The third-order valence-electron chi connectivity index (χ3n) is 6.26. The summed E-state index contributed by atoms with van der Waals surface area (Å²) in [6.07, 6.45) is 3.10. The first-order valence-corrected chi connectivity index (χ1v) is 14.1. The average molecular weight is 481 g/mol. The predicted octanol–water partition coefficient (Wildman–Crippen LogP) is 4.13. The molecule has 2 N–H and O–H groups in total. The van der Waals surface area contributed by atoms with Gasteiger partial charge in [0, 0.05) is 10.9 Å². The molecule has 0 saturated carbocycles. The van der Waals surface area contributed by atoms with Crippen LogP contribution in [-0.4, -0.2) is 37.8 Å². The van der Waals surface area contributed by atoms with Crippen LogP contribution in [0.5, 0.6) is 0 Å². The molecule has 0 aromatic carbocycles. The van der Waals surface area contributed by atoms with Crippen LogP contribution in [0.25, 0.3) is 0 Å². The second kappa shape index (κ2) is 8.33. The van der Waals surface area contributed by atoms with Crippen molar-refractivity contribution in [3.05, 3.63) is 38.4 Å². The fourth-order valence-corrected chi connectivity index (χ4v) is 8.00. The normalized spacial score (nSPS) is 22.7. The smallest absolute Gasteiger partial charge is 0.266 e. The molecule has 2 aliphatic rings. The van der Waals surface area contributed by atoms with Crippen molar-refractivity contribution in [2.75, 3.05) is 16.8 Å². The summed E-state index contributed by atoms with van der Waals surface area (Å²) >= 11 is 2.84. The molecule has 0 spiro atoms. The number of amides is 2. The van der Waals surface area contributed by atoms with E-state index >= 15 is 0 Å². The van der Waals surface area contributed by atoms with Crippen molar-refractivity contribution in [1.82, 2.24) is 5.32 Å². The van der Waals surface area contributed by atoms with Gasteiger partial charge in [-0.1, -0.05) is 26.8 Å². The Labute approximate surface area is 191 Å². The second-order valence-electron chi connectivity index (χ2n) is 9.52. The maximum atomic E-state index is 13.3. The highest BCUT2D eigenvalue weighted by Gasteiger charge is 2.36. The molecular weight excluding hydrogens is 452 g/mol. The van der Waals surface area contributed by atoms with Gasteiger partial charge in [0.25, 0.3) is 11.8 Å². The molecule has 4 rings (SSSR count). The van der Waals surface area contributed by atoms with Crippen molar-refractivity contribution >= 4 is 49.3 Å². The maximum Gasteiger partial charge on any atom is 0.266 e. The zero-order chi connectivity index (χ0) is 22.4. The summed E-state index contributed by atoms with van der Waals surface area (Å²) in [5.74, 6) is 0.0901. The first-order chi connectivity index (χ1) is 14.5. The van der Waals surface area contributed by atoms with E-state index in [4.69, 9.17) is 0 Å². The van der Waals surface area contributed by atoms with Crippen LogP contribution in [0, 0.1) is 11.3 Å². The van der Waals surface area contributed by atoms with Gasteiger partial charge in [-0.25, -0.2) is 8.42 Å². The number of anilines is 1. The highest BCUT2D eigenvalue weighted by atomic mass is 32.2. The lowest BCUT2D eigenvalue weighted by Gasteiger charge is -2.33. The van der Waals surface area contributed by atoms with Crippen LogP contribution in [-0.2, 0) is 22.7 Å². The van der Waals surface area contributed by atoms with Gasteiger partial charge in [-0.2, -0.15) is 0 Å². The number of hydrogen-bond donors (Lipinski definition) is 2. The van der Waals surface area contributed by atoms with Gasteiger partial charge in [0.15, 0.2) is 9.84 Å². The van der Waals surface area contributed by atoms with Gasteiger partial charge < -0.3 is 10.6 Å². The van der Waals surface area contributed by atoms with Crippen LogP contribution in [0.1, 0.15) is 64.1 Å². The fraction of sp³-hybridized carbons (Fsp3) is 0.545. The van der Waals surface area contributed by atoms with Gasteiger partial charge in [0.05, 0.1) is 21.9 Å². The summed E-state index contributed by atoms with van der Waals surface area (Å²) in [4.78, 5) is 27.7. The largest absolute Gasteiger partial charge is 0.348 e. The SMILES string of the molecule is CC(C)(C)[C@H]1CCc2c(sc(NC(=O)c3cccs3)c2C(=O)N[C@@H]2CCS(=O)(=O)C2)C1. The first-order valence-electron chi connectivity index (χ1n) is 10.5. The quantitative estimate of drug-likeness (QED) is 0.688. The third kappa shape index (κ3) is 4.88. The van der Waals surface area contributed by atoms with E-state index in [0.717, 1.165) is 29.7 Å². The molecule has 6 nitrogen and oxygen atoms in total. The first kappa shape index (κ1) is 22.5. The van der Waals surface area contributed by atoms with Crippen molar-refractivity contribution in [3.8, 4) is 0 Å². The lowest BCUT2D eigenvalue weighted by Crippen LogP contribution is -2.36. The Bertz CT molecular complexity index is 1090. The summed E-state index contributed by atoms with van der Waals surface area (Å²) in [7, 11) is -3.09. The predicted molar refractivity (Wildman–Crippen MR) is 126 cm³/mol. The minimum atomic E-state index is -3.09. The Balaban J connectivity index is 1.64. The van der Waals surface area contributed by atoms with E-state index in [2.05, 4.69) is 31.4 Å². The molecule has 2 aromatic heterocycles. The minimum Gasteiger partial charge on any atom is -0.348 e. The van der Waals surface area contributed by atoms with Crippen LogP contribution in [0.4, 0.5) is 5.00 Å². The van der Waals surface area contributed by atoms with Crippen LogP contribution in [0.15, 0.2) is 17.5 Å². The van der Waals surface area contributed by atoms with Gasteiger partial charge in [-0.15, -0.1) is 22.7 Å². The second-order valence-corrected chi connectivity index (χ2v) is 13.8. The summed E-state index contributed by atoms with van der Waals surface area (Å²) in [5, 5.41) is 8.28. The topological polar surface area (TPSA) is 92.3 Å². The molecule has 0 radical (unpaired) electrons. The van der Waals surface area contributed by atoms with Gasteiger partial charge in [0.1, 0.15) is 5.00 Å². The van der Waals surface area contributed by atoms with Crippen LogP contribution < -0.4 is 10.6 Å². The van der Waals surface area contributed by atoms with Gasteiger partial charge in [0.2, 0.25) is 0 Å². The number of rotatable bonds is 4. The monoisotopic (exact) mass is 480 g/mol. The number of sulfone groups is 1. The Morgan fingerprint density at radius 2 is 1.94 bits per heavy atom. The molecule has 9 heteroatoms. The maximum absolute atomic E-state index is 13.3. The van der Waals surface area contributed by atoms with Crippen LogP contribution in [0.3, 0.4) is 0 Å². The zero-order valence-corrected chi connectivity index (χ0v) is 20.4. The number of nitrogens with one attached hydrogen (secondary N) is 2. The molecule has 1 fully saturated rings. The van der Waals surface area contributed by atoms with Gasteiger partial charge in [-0.3, -0.25) is 9.59 Å². The van der Waals surface area contributed by atoms with Crippen molar-refractivity contribution < 1.29 is 18.0 Å². The van der Waals surface area contributed by atoms with Crippen molar-refractivity contribution in [2.24, 2.45) is 11.3 Å². The molecule has 0 bridgehead atoms. The summed E-state index contributed by atoms with van der Waals surface area (Å²) in [5.41, 5.74) is 1.69. The number of carbonyl (C=O) groups excluding carboxylic acids is 2. The van der Waals surface area contributed by atoms with E-state index in [1.54, 1.807) is 6.07 Å². The van der Waals surface area contributed by atoms with Crippen molar-refractivity contribution in [1.29, 1.82) is 0 Å². The van der Waals surface area contributed by atoms with E-state index in [0.29, 0.717) is 27.8 Å². The molecule has 2 atom stereocenters. The summed E-state index contributed by atoms with van der Waals surface area (Å²) in [6.45, 7) is 6.72. The molecular formula is C22H28N2O4S3. The zero-order valence-electron chi connectivity index (χ0n) is 18.0. The van der Waals surface area contributed by atoms with E-state index in [-0.39, 0.29) is 34.8 Å². The molecule has 1 aliphatic heterocycles. The lowest BCUT2D eigenvalue weighted by molar-refractivity contribution is 0.0941. The standard InChI is InChI=1S/C22H28N2O4S3/c1-22(2,3)13-6-7-15-17(11-13)30-21(24-19(25)16-5-4-9-29-16)18(15)20(26)23-14-8-10-31(27,28)12-14/h4-5,9,13-14H,6-8,10-12H2,1-3H3,(H,23,26)(H,24,25)/t13-,14+/m0/s1. The highest BCUT2D eigenvalue weighted by molar-refractivity contribution is 7.91.